The summed E-state index contributed by atoms with van der Waals surface area (Å²) in [6.07, 6.45) is 4.52. The quantitative estimate of drug-likeness (QED) is 0.815. The van der Waals surface area contributed by atoms with Crippen LogP contribution in [-0.2, 0) is 23.1 Å². The fourth-order valence-electron chi connectivity index (χ4n) is 3.47. The van der Waals surface area contributed by atoms with Gasteiger partial charge in [-0.15, -0.1) is 0 Å². The van der Waals surface area contributed by atoms with Crippen LogP contribution in [-0.4, -0.2) is 27.2 Å². The van der Waals surface area contributed by atoms with Gasteiger partial charge in [-0.1, -0.05) is 12.1 Å². The Kier molecular flexibility index (Phi) is 3.52. The predicted octanol–water partition coefficient (Wildman–Crippen LogP) is 1.70. The number of carbonyl (C=O) groups is 2. The third-order valence-electron chi connectivity index (χ3n) is 5.00. The van der Waals surface area contributed by atoms with Gasteiger partial charge in [-0.3, -0.25) is 14.3 Å². The number of aromatic nitrogens is 2. The third kappa shape index (κ3) is 2.47. The molecule has 0 fully saturated rings. The molecule has 0 bridgehead atoms. The van der Waals surface area contributed by atoms with Gasteiger partial charge < -0.3 is 15.4 Å². The number of benzene rings is 1. The number of ether oxygens (including phenoxy) is 1. The Morgan fingerprint density at radius 1 is 1.44 bits per heavy atom. The molecule has 2 aromatic rings. The van der Waals surface area contributed by atoms with Crippen molar-refractivity contribution in [3.05, 3.63) is 41.7 Å². The summed E-state index contributed by atoms with van der Waals surface area (Å²) < 4.78 is 7.63. The first kappa shape index (κ1) is 15.7. The molecule has 7 heteroatoms. The van der Waals surface area contributed by atoms with Crippen molar-refractivity contribution in [2.75, 3.05) is 5.32 Å². The number of amides is 2. The largest absolute Gasteiger partial charge is 0.466 e. The maximum absolute atomic E-state index is 12.9. The topological polar surface area (TPSA) is 85.2 Å². The highest BCUT2D eigenvalue weighted by molar-refractivity contribution is 6.15. The second-order valence-corrected chi connectivity index (χ2v) is 6.67. The van der Waals surface area contributed by atoms with Crippen LogP contribution in [0.15, 0.2) is 30.5 Å². The Morgan fingerprint density at radius 3 is 3.08 bits per heavy atom. The van der Waals surface area contributed by atoms with Gasteiger partial charge >= 0.3 is 0 Å². The monoisotopic (exact) mass is 340 g/mol. The van der Waals surface area contributed by atoms with E-state index in [1.165, 1.54) is 6.92 Å². The normalized spacial score (nSPS) is 24.6. The molecule has 0 spiro atoms. The molecule has 1 aliphatic carbocycles. The lowest BCUT2D eigenvalue weighted by Crippen LogP contribution is -2.59. The summed E-state index contributed by atoms with van der Waals surface area (Å²) >= 11 is 0. The molecule has 1 aromatic carbocycles. The number of fused-ring (bicyclic) bond motifs is 2. The molecule has 0 saturated carbocycles. The lowest BCUT2D eigenvalue weighted by molar-refractivity contribution is -0.147. The van der Waals surface area contributed by atoms with E-state index in [0.29, 0.717) is 11.4 Å². The van der Waals surface area contributed by atoms with Gasteiger partial charge in [0.2, 0.25) is 0 Å². The van der Waals surface area contributed by atoms with Crippen LogP contribution in [0, 0.1) is 0 Å². The molecular weight excluding hydrogens is 320 g/mol. The number of anilines is 1. The molecule has 25 heavy (non-hydrogen) atoms. The SMILES string of the molecule is Cn1ncc2c1CCCC2NC(=O)C1(C)Oc2ccccc2NC1=O. The molecule has 2 heterocycles. The van der Waals surface area contributed by atoms with E-state index in [-0.39, 0.29) is 6.04 Å². The first-order chi connectivity index (χ1) is 12.0. The van der Waals surface area contributed by atoms with Gasteiger partial charge in [-0.2, -0.15) is 5.10 Å². The van der Waals surface area contributed by atoms with E-state index in [0.717, 1.165) is 30.5 Å². The first-order valence-corrected chi connectivity index (χ1v) is 8.40. The zero-order valence-corrected chi connectivity index (χ0v) is 14.2. The van der Waals surface area contributed by atoms with Crippen LogP contribution in [0.5, 0.6) is 5.75 Å². The fraction of sp³-hybridized carbons (Fsp3) is 0.389. The van der Waals surface area contributed by atoms with Crippen LogP contribution < -0.4 is 15.4 Å². The van der Waals surface area contributed by atoms with Gasteiger partial charge in [0.15, 0.2) is 0 Å². The summed E-state index contributed by atoms with van der Waals surface area (Å²) in [4.78, 5) is 25.4. The minimum absolute atomic E-state index is 0.157. The summed E-state index contributed by atoms with van der Waals surface area (Å²) in [6.45, 7) is 1.50. The number of para-hydroxylation sites is 2. The molecule has 7 nitrogen and oxygen atoms in total. The van der Waals surface area contributed by atoms with E-state index in [9.17, 15) is 9.59 Å². The minimum atomic E-state index is -1.60. The van der Waals surface area contributed by atoms with Gasteiger partial charge in [-0.25, -0.2) is 0 Å². The van der Waals surface area contributed by atoms with E-state index in [1.807, 2.05) is 11.7 Å². The summed E-state index contributed by atoms with van der Waals surface area (Å²) in [5, 5.41) is 10.0. The standard InChI is InChI=1S/C18H20N4O3/c1-18(17(24)21-13-6-3-4-9-15(13)25-18)16(23)20-12-7-5-8-14-11(12)10-19-22(14)2/h3-4,6,9-10,12H,5,7-8H2,1-2H3,(H,20,23)(H,21,24). The number of carbonyl (C=O) groups excluding carboxylic acids is 2. The van der Waals surface area contributed by atoms with Crippen molar-refractivity contribution in [1.29, 1.82) is 0 Å². The Balaban J connectivity index is 1.58. The summed E-state index contributed by atoms with van der Waals surface area (Å²) in [5.41, 5.74) is 1.11. The van der Waals surface area contributed by atoms with Gasteiger partial charge in [0.05, 0.1) is 17.9 Å². The Hall–Kier alpha value is -2.83. The predicted molar refractivity (Wildman–Crippen MR) is 91.1 cm³/mol. The second-order valence-electron chi connectivity index (χ2n) is 6.67. The Bertz CT molecular complexity index is 860. The average Bonchev–Trinajstić information content (AvgIpc) is 2.98. The van der Waals surface area contributed by atoms with Crippen molar-refractivity contribution in [3.8, 4) is 5.75 Å². The van der Waals surface area contributed by atoms with Gasteiger partial charge in [0.1, 0.15) is 5.75 Å². The zero-order valence-electron chi connectivity index (χ0n) is 14.2. The number of hydrogen-bond acceptors (Lipinski definition) is 4. The summed E-state index contributed by atoms with van der Waals surface area (Å²) in [6, 6.07) is 6.93. The van der Waals surface area contributed by atoms with Crippen molar-refractivity contribution in [1.82, 2.24) is 15.1 Å². The molecule has 1 aromatic heterocycles. The van der Waals surface area contributed by atoms with E-state index >= 15 is 0 Å². The van der Waals surface area contributed by atoms with E-state index < -0.39 is 17.4 Å². The zero-order chi connectivity index (χ0) is 17.6. The van der Waals surface area contributed by atoms with Gasteiger partial charge in [0, 0.05) is 18.3 Å². The maximum atomic E-state index is 12.9. The highest BCUT2D eigenvalue weighted by Gasteiger charge is 2.48. The fourth-order valence-corrected chi connectivity index (χ4v) is 3.47. The van der Waals surface area contributed by atoms with Crippen LogP contribution in [0.25, 0.3) is 0 Å². The molecule has 1 aliphatic heterocycles. The molecule has 0 saturated heterocycles. The molecule has 2 aliphatic rings. The minimum Gasteiger partial charge on any atom is -0.466 e. The number of aryl methyl sites for hydroxylation is 1. The molecule has 2 atom stereocenters. The number of nitrogens with one attached hydrogen (secondary N) is 2. The van der Waals surface area contributed by atoms with Crippen molar-refractivity contribution in [3.63, 3.8) is 0 Å². The van der Waals surface area contributed by atoms with Crippen LogP contribution in [0.1, 0.15) is 37.1 Å². The van der Waals surface area contributed by atoms with E-state index in [4.69, 9.17) is 4.74 Å². The second kappa shape index (κ2) is 5.61. The number of hydrogen-bond donors (Lipinski definition) is 2. The molecule has 130 valence electrons. The van der Waals surface area contributed by atoms with Gasteiger partial charge in [-0.05, 0) is 38.3 Å². The van der Waals surface area contributed by atoms with Crippen LogP contribution >= 0.6 is 0 Å². The molecule has 0 radical (unpaired) electrons. The van der Waals surface area contributed by atoms with E-state index in [2.05, 4.69) is 15.7 Å². The van der Waals surface area contributed by atoms with Crippen molar-refractivity contribution in [2.24, 2.45) is 7.05 Å². The van der Waals surface area contributed by atoms with Crippen LogP contribution in [0.3, 0.4) is 0 Å². The third-order valence-corrected chi connectivity index (χ3v) is 5.00. The van der Waals surface area contributed by atoms with Gasteiger partial charge in [0.25, 0.3) is 17.4 Å². The summed E-state index contributed by atoms with van der Waals surface area (Å²) in [5.74, 6) is -0.419. The van der Waals surface area contributed by atoms with Crippen molar-refractivity contribution in [2.45, 2.75) is 37.8 Å². The molecule has 2 amide bonds. The lowest BCUT2D eigenvalue weighted by atomic mass is 9.91. The molecular formula is C18H20N4O3. The maximum Gasteiger partial charge on any atom is 0.278 e. The number of nitrogens with zero attached hydrogens (tertiary/aromatic N) is 2. The first-order valence-electron chi connectivity index (χ1n) is 8.40. The van der Waals surface area contributed by atoms with Crippen molar-refractivity contribution < 1.29 is 14.3 Å². The Labute approximate surface area is 145 Å². The molecule has 4 rings (SSSR count). The number of rotatable bonds is 2. The average molecular weight is 340 g/mol. The highest BCUT2D eigenvalue weighted by Crippen LogP contribution is 2.35. The Morgan fingerprint density at radius 2 is 2.24 bits per heavy atom. The van der Waals surface area contributed by atoms with E-state index in [1.54, 1.807) is 30.5 Å². The highest BCUT2D eigenvalue weighted by atomic mass is 16.5. The van der Waals surface area contributed by atoms with Crippen LogP contribution in [0.2, 0.25) is 0 Å². The van der Waals surface area contributed by atoms with Crippen molar-refractivity contribution >= 4 is 17.5 Å². The summed E-state index contributed by atoms with van der Waals surface area (Å²) in [7, 11) is 1.90. The molecule has 2 N–H and O–H groups in total. The smallest absolute Gasteiger partial charge is 0.278 e. The molecule has 2 unspecified atom stereocenters. The van der Waals surface area contributed by atoms with Crippen LogP contribution in [0.4, 0.5) is 5.69 Å². The lowest BCUT2D eigenvalue weighted by Gasteiger charge is -2.35.